The van der Waals surface area contributed by atoms with Crippen molar-refractivity contribution in [2.24, 2.45) is 28.6 Å². The van der Waals surface area contributed by atoms with Gasteiger partial charge in [0.25, 0.3) is 5.91 Å². The van der Waals surface area contributed by atoms with Crippen molar-refractivity contribution < 1.29 is 60.1 Å². The quantitative estimate of drug-likeness (QED) is 0.0898. The van der Waals surface area contributed by atoms with Gasteiger partial charge in [0.2, 0.25) is 22.8 Å². The Balaban J connectivity index is 1.03. The molecule has 1 aromatic heterocycles. The topological polar surface area (TPSA) is 178 Å². The Bertz CT molecular complexity index is 2150. The van der Waals surface area contributed by atoms with Crippen molar-refractivity contribution in [1.29, 1.82) is 0 Å². The molecular formula is C43H57F2N4O11PS3. The minimum Gasteiger partial charge on any atom is -0.378 e. The molecule has 5 fully saturated rings. The molecule has 4 aliphatic heterocycles. The number of halogens is 2. The second-order valence-electron chi connectivity index (χ2n) is 19.2. The highest BCUT2D eigenvalue weighted by molar-refractivity contribution is 8.13. The number of rotatable bonds is 14. The van der Waals surface area contributed by atoms with Crippen LogP contribution >= 0.6 is 42.7 Å². The number of nitrogens with one attached hydrogen (secondary N) is 1. The molecule has 5 aliphatic rings. The molecule has 5 heterocycles. The second-order valence-corrected chi connectivity index (χ2v) is 24.2. The molecule has 64 heavy (non-hydrogen) atoms. The van der Waals surface area contributed by atoms with E-state index in [1.54, 1.807) is 56.2 Å². The average molecular weight is 971 g/mol. The molecule has 0 bridgehead atoms. The number of benzene rings is 1. The van der Waals surface area contributed by atoms with Gasteiger partial charge in [-0.25, -0.2) is 0 Å². The van der Waals surface area contributed by atoms with E-state index in [0.717, 1.165) is 48.1 Å². The number of fused-ring (bicyclic) bond motifs is 3. The summed E-state index contributed by atoms with van der Waals surface area (Å²) >= 11 is 2.26. The fraction of sp³-hybridized carbons (Fsp3) is 0.674. The molecule has 1 N–H and O–H groups in total. The number of morpholine rings is 1. The van der Waals surface area contributed by atoms with Gasteiger partial charge in [-0.2, -0.15) is 8.78 Å². The number of nitrogens with zero attached hydrogens (tertiary/aromatic N) is 3. The Morgan fingerprint density at radius 2 is 1.58 bits per heavy atom. The molecule has 0 radical (unpaired) electrons. The van der Waals surface area contributed by atoms with Gasteiger partial charge in [0.15, 0.2) is 11.9 Å². The Morgan fingerprint density at radius 1 is 0.891 bits per heavy atom. The lowest BCUT2D eigenvalue weighted by molar-refractivity contribution is -0.156. The number of thiophene rings is 1. The highest BCUT2D eigenvalue weighted by atomic mass is 32.2. The number of amides is 4. The first-order valence-corrected chi connectivity index (χ1v) is 25.8. The number of alkyl halides is 2. The summed E-state index contributed by atoms with van der Waals surface area (Å²) in [5.41, 5.74) is -6.49. The van der Waals surface area contributed by atoms with Crippen LogP contribution in [0.1, 0.15) is 88.9 Å². The SMILES string of the molecule is CC(C)(C)C(=O)SCCOP(=O)(OCOSC(=O)C(C)(C)C)C(F)(F)c1ccc2sc(C(=O)N[C@H]3C[C@@H]4C[C@@H]4C[C@H]4CC[C@@H](C(=O)N5CC(C(=O)N6CCOCC6)C5)N4C3=O)cc2c1. The number of thioether (sulfide) groups is 1. The minimum atomic E-state index is -5.39. The van der Waals surface area contributed by atoms with Crippen molar-refractivity contribution in [2.75, 3.05) is 58.5 Å². The zero-order valence-corrected chi connectivity index (χ0v) is 40.3. The van der Waals surface area contributed by atoms with Crippen LogP contribution in [-0.2, 0) is 52.2 Å². The van der Waals surface area contributed by atoms with E-state index in [-0.39, 0.29) is 56.7 Å². The van der Waals surface area contributed by atoms with Gasteiger partial charge in [-0.1, -0.05) is 59.4 Å². The molecule has 1 aliphatic carbocycles. The van der Waals surface area contributed by atoms with Gasteiger partial charge < -0.3 is 29.3 Å². The predicted molar refractivity (Wildman–Crippen MR) is 238 cm³/mol. The van der Waals surface area contributed by atoms with Crippen molar-refractivity contribution in [3.05, 3.63) is 34.7 Å². The third kappa shape index (κ3) is 10.7. The third-order valence-electron chi connectivity index (χ3n) is 12.3. The summed E-state index contributed by atoms with van der Waals surface area (Å²) in [6.07, 6.45) is 3.29. The molecule has 4 amide bonds. The van der Waals surface area contributed by atoms with Crippen molar-refractivity contribution in [3.63, 3.8) is 0 Å². The van der Waals surface area contributed by atoms with E-state index in [9.17, 15) is 33.3 Å². The summed E-state index contributed by atoms with van der Waals surface area (Å²) in [7, 11) is -5.39. The molecule has 1 saturated carbocycles. The van der Waals surface area contributed by atoms with Crippen LogP contribution in [0.2, 0.25) is 0 Å². The van der Waals surface area contributed by atoms with Crippen LogP contribution in [0.3, 0.4) is 0 Å². The van der Waals surface area contributed by atoms with Crippen molar-refractivity contribution in [3.8, 4) is 0 Å². The summed E-state index contributed by atoms with van der Waals surface area (Å²) in [6, 6.07) is 3.20. The maximum absolute atomic E-state index is 16.4. The Hall–Kier alpha value is -2.97. The normalized spacial score (nSPS) is 25.2. The van der Waals surface area contributed by atoms with Crippen LogP contribution in [0.5, 0.6) is 0 Å². The summed E-state index contributed by atoms with van der Waals surface area (Å²) in [5.74, 6) is -0.818. The van der Waals surface area contributed by atoms with Gasteiger partial charge in [-0.05, 0) is 67.5 Å². The Kier molecular flexibility index (Phi) is 14.8. The lowest BCUT2D eigenvalue weighted by Crippen LogP contribution is -2.62. The van der Waals surface area contributed by atoms with E-state index >= 15 is 8.78 Å². The average Bonchev–Trinajstić information content (AvgIpc) is 3.57. The van der Waals surface area contributed by atoms with Crippen molar-refractivity contribution in [1.82, 2.24) is 20.0 Å². The van der Waals surface area contributed by atoms with E-state index in [1.165, 1.54) is 12.1 Å². The first kappa shape index (κ1) is 48.9. The van der Waals surface area contributed by atoms with Crippen LogP contribution in [0.15, 0.2) is 24.3 Å². The maximum atomic E-state index is 16.4. The molecule has 6 atom stereocenters. The van der Waals surface area contributed by atoms with Crippen LogP contribution in [0, 0.1) is 28.6 Å². The molecule has 2 aromatic rings. The largest absolute Gasteiger partial charge is 0.406 e. The first-order valence-electron chi connectivity index (χ1n) is 21.7. The van der Waals surface area contributed by atoms with Gasteiger partial charge in [0.1, 0.15) is 12.1 Å². The van der Waals surface area contributed by atoms with Crippen molar-refractivity contribution >= 4 is 86.7 Å². The van der Waals surface area contributed by atoms with Crippen LogP contribution in [0.25, 0.3) is 10.1 Å². The van der Waals surface area contributed by atoms with Gasteiger partial charge >= 0.3 is 13.3 Å². The highest BCUT2D eigenvalue weighted by Gasteiger charge is 2.56. The fourth-order valence-corrected chi connectivity index (χ4v) is 12.2. The van der Waals surface area contributed by atoms with Gasteiger partial charge in [-0.15, -0.1) is 11.3 Å². The molecule has 352 valence electrons. The van der Waals surface area contributed by atoms with E-state index < -0.39 is 66.2 Å². The highest BCUT2D eigenvalue weighted by Crippen LogP contribution is 2.67. The smallest absolute Gasteiger partial charge is 0.378 e. The summed E-state index contributed by atoms with van der Waals surface area (Å²) < 4.78 is 68.2. The monoisotopic (exact) mass is 970 g/mol. The first-order chi connectivity index (χ1) is 30.1. The lowest BCUT2D eigenvalue weighted by Gasteiger charge is -2.44. The lowest BCUT2D eigenvalue weighted by atomic mass is 9.96. The zero-order chi connectivity index (χ0) is 46.4. The fourth-order valence-electron chi connectivity index (χ4n) is 8.43. The number of carbonyl (C=O) groups excluding carboxylic acids is 6. The summed E-state index contributed by atoms with van der Waals surface area (Å²) in [5, 5.41) is 2.53. The third-order valence-corrected chi connectivity index (χ3v) is 17.6. The zero-order valence-electron chi connectivity index (χ0n) is 36.9. The molecule has 21 heteroatoms. The van der Waals surface area contributed by atoms with E-state index in [4.69, 9.17) is 18.0 Å². The second kappa shape index (κ2) is 19.3. The van der Waals surface area contributed by atoms with E-state index in [2.05, 4.69) is 5.32 Å². The number of ether oxygens (including phenoxy) is 1. The van der Waals surface area contributed by atoms with E-state index in [0.29, 0.717) is 81.3 Å². The van der Waals surface area contributed by atoms with Gasteiger partial charge in [0, 0.05) is 59.1 Å². The molecule has 7 rings (SSSR count). The molecule has 4 saturated heterocycles. The molecular weight excluding hydrogens is 914 g/mol. The van der Waals surface area contributed by atoms with Crippen LogP contribution in [0.4, 0.5) is 8.78 Å². The summed E-state index contributed by atoms with van der Waals surface area (Å²) in [6.45, 7) is 11.2. The number of likely N-dealkylation sites (tertiary alicyclic amines) is 1. The maximum Gasteiger partial charge on any atom is 0.406 e. The minimum absolute atomic E-state index is 0.0126. The Labute approximate surface area is 384 Å². The summed E-state index contributed by atoms with van der Waals surface area (Å²) in [4.78, 5) is 85.2. The Morgan fingerprint density at radius 3 is 2.27 bits per heavy atom. The molecule has 0 spiro atoms. The number of hydrogen-bond donors (Lipinski definition) is 1. The molecule has 15 nitrogen and oxygen atoms in total. The van der Waals surface area contributed by atoms with Gasteiger partial charge in [-0.3, -0.25) is 42.0 Å². The number of carbonyl (C=O) groups is 6. The van der Waals surface area contributed by atoms with Crippen LogP contribution in [-0.4, -0.2) is 125 Å². The molecule has 1 unspecified atom stereocenters. The molecule has 1 aromatic carbocycles. The van der Waals surface area contributed by atoms with E-state index in [1.807, 2.05) is 0 Å². The predicted octanol–water partition coefficient (Wildman–Crippen LogP) is 6.88. The van der Waals surface area contributed by atoms with Crippen LogP contribution < -0.4 is 5.32 Å². The van der Waals surface area contributed by atoms with Gasteiger partial charge in [0.05, 0.1) is 42.7 Å². The van der Waals surface area contributed by atoms with Crippen molar-refractivity contribution in [2.45, 2.75) is 97.4 Å². The number of hydrogen-bond acceptors (Lipinski definition) is 14. The standard InChI is InChI=1S/C43H57F2N4O11PS3/c1-41(2,3)39(54)62-16-15-58-61(56,59-24-60-64-40(55)42(4,5)6)43(44,45)29-7-10-33-27(18-29)21-34(63-33)35(50)46-31-20-26-17-25(26)19-30-8-9-32(49(30)37(31)52)38(53)48-22-28(23-48)36(51)47-11-13-57-14-12-47/h7,10,18,21,25-26,28,30-32H,8-9,11-17,19-20,22-24H2,1-6H3,(H,46,50)/t25-,26+,30-,31+,32+,61?/m1/s1.